The van der Waals surface area contributed by atoms with Crippen LogP contribution in [0.4, 0.5) is 0 Å². The fraction of sp³-hybridized carbons (Fsp3) is 0.143. The molecule has 0 radical (unpaired) electrons. The van der Waals surface area contributed by atoms with Gasteiger partial charge in [0.05, 0.1) is 29.5 Å². The van der Waals surface area contributed by atoms with E-state index in [2.05, 4.69) is 15.2 Å². The first kappa shape index (κ1) is 11.5. The van der Waals surface area contributed by atoms with Gasteiger partial charge >= 0.3 is 0 Å². The van der Waals surface area contributed by atoms with Crippen molar-refractivity contribution < 1.29 is 4.79 Å². The number of aryl methyl sites for hydroxylation is 1. The lowest BCUT2D eigenvalue weighted by atomic mass is 10.1. The highest BCUT2D eigenvalue weighted by atomic mass is 16.1. The summed E-state index contributed by atoms with van der Waals surface area (Å²) >= 11 is 0. The maximum atomic E-state index is 12.2. The van der Waals surface area contributed by atoms with E-state index in [1.807, 2.05) is 29.8 Å². The Morgan fingerprint density at radius 3 is 3.00 bits per heavy atom. The van der Waals surface area contributed by atoms with Gasteiger partial charge in [-0.3, -0.25) is 4.79 Å². The van der Waals surface area contributed by atoms with Crippen molar-refractivity contribution in [3.63, 3.8) is 0 Å². The lowest BCUT2D eigenvalue weighted by molar-refractivity contribution is 0.0992. The number of rotatable bonds is 3. The summed E-state index contributed by atoms with van der Waals surface area (Å²) in [6, 6.07) is 9.12. The van der Waals surface area contributed by atoms with E-state index in [1.54, 1.807) is 24.7 Å². The standard InChI is InChI=1S/C14H12N4O/c1-18-9-15-12-7-10(4-5-13(12)18)14(19)8-11-3-2-6-16-17-11/h2-7,9H,8H2,1H3. The Labute approximate surface area is 109 Å². The first-order chi connectivity index (χ1) is 9.24. The number of nitrogens with zero attached hydrogens (tertiary/aromatic N) is 4. The van der Waals surface area contributed by atoms with E-state index in [1.165, 1.54) is 0 Å². The monoisotopic (exact) mass is 252 g/mol. The average molecular weight is 252 g/mol. The Bertz CT molecular complexity index is 734. The molecule has 2 heterocycles. The minimum absolute atomic E-state index is 0.0213. The van der Waals surface area contributed by atoms with Crippen molar-refractivity contribution in [2.24, 2.45) is 7.05 Å². The predicted octanol–water partition coefficient (Wildman–Crippen LogP) is 1.79. The van der Waals surface area contributed by atoms with E-state index in [9.17, 15) is 4.79 Å². The summed E-state index contributed by atoms with van der Waals surface area (Å²) in [4.78, 5) is 16.4. The predicted molar refractivity (Wildman–Crippen MR) is 70.8 cm³/mol. The maximum Gasteiger partial charge on any atom is 0.168 e. The van der Waals surface area contributed by atoms with Crippen LogP contribution in [-0.2, 0) is 13.5 Å². The van der Waals surface area contributed by atoms with Gasteiger partial charge in [0.15, 0.2) is 5.78 Å². The van der Waals surface area contributed by atoms with Gasteiger partial charge in [-0.2, -0.15) is 10.2 Å². The fourth-order valence-electron chi connectivity index (χ4n) is 2.00. The van der Waals surface area contributed by atoms with Crippen LogP contribution in [-0.4, -0.2) is 25.5 Å². The van der Waals surface area contributed by atoms with Crippen LogP contribution >= 0.6 is 0 Å². The number of Topliss-reactive ketones (excluding diaryl/α,β-unsaturated/α-hetero) is 1. The zero-order chi connectivity index (χ0) is 13.2. The van der Waals surface area contributed by atoms with Gasteiger partial charge in [0.1, 0.15) is 0 Å². The summed E-state index contributed by atoms with van der Waals surface area (Å²) in [5.74, 6) is 0.0213. The third kappa shape index (κ3) is 2.22. The van der Waals surface area contributed by atoms with Crippen molar-refractivity contribution in [1.29, 1.82) is 0 Å². The third-order valence-electron chi connectivity index (χ3n) is 3.02. The number of hydrogen-bond acceptors (Lipinski definition) is 4. The molecule has 1 aromatic carbocycles. The molecule has 0 spiro atoms. The molecule has 0 bridgehead atoms. The molecule has 94 valence electrons. The van der Waals surface area contributed by atoms with E-state index >= 15 is 0 Å². The molecule has 5 nitrogen and oxygen atoms in total. The highest BCUT2D eigenvalue weighted by molar-refractivity contribution is 5.99. The first-order valence-corrected chi connectivity index (χ1v) is 5.95. The van der Waals surface area contributed by atoms with Crippen LogP contribution in [0.3, 0.4) is 0 Å². The van der Waals surface area contributed by atoms with Crippen LogP contribution in [0.5, 0.6) is 0 Å². The summed E-state index contributed by atoms with van der Waals surface area (Å²) in [6.45, 7) is 0. The summed E-state index contributed by atoms with van der Waals surface area (Å²) in [7, 11) is 1.93. The summed E-state index contributed by atoms with van der Waals surface area (Å²) in [5, 5.41) is 7.69. The number of benzene rings is 1. The Morgan fingerprint density at radius 2 is 2.21 bits per heavy atom. The molecular weight excluding hydrogens is 240 g/mol. The van der Waals surface area contributed by atoms with Crippen LogP contribution in [0.15, 0.2) is 42.9 Å². The van der Waals surface area contributed by atoms with Gasteiger partial charge in [-0.1, -0.05) is 0 Å². The second-order valence-electron chi connectivity index (χ2n) is 4.37. The molecule has 3 aromatic rings. The summed E-state index contributed by atoms with van der Waals surface area (Å²) < 4.78 is 1.92. The molecule has 19 heavy (non-hydrogen) atoms. The number of carbonyl (C=O) groups is 1. The molecule has 0 atom stereocenters. The molecular formula is C14H12N4O. The van der Waals surface area contributed by atoms with Crippen molar-refractivity contribution in [2.75, 3.05) is 0 Å². The molecule has 0 saturated heterocycles. The Hall–Kier alpha value is -2.56. The van der Waals surface area contributed by atoms with Gasteiger partial charge in [0, 0.05) is 18.8 Å². The van der Waals surface area contributed by atoms with Crippen molar-refractivity contribution in [3.05, 3.63) is 54.1 Å². The van der Waals surface area contributed by atoms with Crippen LogP contribution in [0.2, 0.25) is 0 Å². The van der Waals surface area contributed by atoms with Crippen molar-refractivity contribution in [3.8, 4) is 0 Å². The molecule has 2 aromatic heterocycles. The van der Waals surface area contributed by atoms with Crippen LogP contribution < -0.4 is 0 Å². The van der Waals surface area contributed by atoms with Crippen LogP contribution in [0, 0.1) is 0 Å². The van der Waals surface area contributed by atoms with Crippen molar-refractivity contribution >= 4 is 16.8 Å². The van der Waals surface area contributed by atoms with Gasteiger partial charge in [0.25, 0.3) is 0 Å². The topological polar surface area (TPSA) is 60.7 Å². The Morgan fingerprint density at radius 1 is 1.32 bits per heavy atom. The van der Waals surface area contributed by atoms with Crippen molar-refractivity contribution in [1.82, 2.24) is 19.7 Å². The Kier molecular flexibility index (Phi) is 2.79. The molecule has 0 aliphatic heterocycles. The lowest BCUT2D eigenvalue weighted by Crippen LogP contribution is -2.05. The number of ketones is 1. The van der Waals surface area contributed by atoms with E-state index in [0.29, 0.717) is 11.3 Å². The molecule has 0 aliphatic carbocycles. The molecule has 0 unspecified atom stereocenters. The second kappa shape index (κ2) is 4.61. The highest BCUT2D eigenvalue weighted by Crippen LogP contribution is 2.15. The van der Waals surface area contributed by atoms with Crippen LogP contribution in [0.1, 0.15) is 16.1 Å². The number of carbonyl (C=O) groups excluding carboxylic acids is 1. The van der Waals surface area contributed by atoms with E-state index < -0.39 is 0 Å². The van der Waals surface area contributed by atoms with Crippen molar-refractivity contribution in [2.45, 2.75) is 6.42 Å². The number of aromatic nitrogens is 4. The average Bonchev–Trinajstić information content (AvgIpc) is 2.81. The fourth-order valence-corrected chi connectivity index (χ4v) is 2.00. The molecule has 0 N–H and O–H groups in total. The van der Waals surface area contributed by atoms with E-state index in [-0.39, 0.29) is 12.2 Å². The number of hydrogen-bond donors (Lipinski definition) is 0. The summed E-state index contributed by atoms with van der Waals surface area (Å²) in [6.07, 6.45) is 3.59. The van der Waals surface area contributed by atoms with Crippen LogP contribution in [0.25, 0.3) is 11.0 Å². The number of fused-ring (bicyclic) bond motifs is 1. The maximum absolute atomic E-state index is 12.2. The SMILES string of the molecule is Cn1cnc2cc(C(=O)Cc3cccnn3)ccc21. The number of imidazole rings is 1. The molecule has 0 amide bonds. The normalized spacial score (nSPS) is 10.8. The molecule has 0 fully saturated rings. The summed E-state index contributed by atoms with van der Waals surface area (Å²) in [5.41, 5.74) is 3.16. The zero-order valence-corrected chi connectivity index (χ0v) is 10.4. The first-order valence-electron chi connectivity index (χ1n) is 5.95. The molecule has 0 aliphatic rings. The minimum atomic E-state index is 0.0213. The highest BCUT2D eigenvalue weighted by Gasteiger charge is 2.10. The third-order valence-corrected chi connectivity index (χ3v) is 3.02. The van der Waals surface area contributed by atoms with Gasteiger partial charge in [-0.25, -0.2) is 4.98 Å². The van der Waals surface area contributed by atoms with Gasteiger partial charge in [-0.05, 0) is 30.3 Å². The van der Waals surface area contributed by atoms with E-state index in [0.717, 1.165) is 11.0 Å². The zero-order valence-electron chi connectivity index (χ0n) is 10.4. The van der Waals surface area contributed by atoms with E-state index in [4.69, 9.17) is 0 Å². The molecule has 5 heteroatoms. The Balaban J connectivity index is 1.89. The quantitative estimate of drug-likeness (QED) is 0.667. The second-order valence-corrected chi connectivity index (χ2v) is 4.37. The van der Waals surface area contributed by atoms with Gasteiger partial charge in [0.2, 0.25) is 0 Å². The lowest BCUT2D eigenvalue weighted by Gasteiger charge is -2.01. The van der Waals surface area contributed by atoms with Gasteiger partial charge in [-0.15, -0.1) is 0 Å². The van der Waals surface area contributed by atoms with Gasteiger partial charge < -0.3 is 4.57 Å². The minimum Gasteiger partial charge on any atom is -0.334 e. The molecule has 3 rings (SSSR count). The smallest absolute Gasteiger partial charge is 0.168 e. The molecule has 0 saturated carbocycles. The largest absolute Gasteiger partial charge is 0.334 e.